The minimum Gasteiger partial charge on any atom is -0.481 e. The molecule has 0 aromatic carbocycles. The highest BCUT2D eigenvalue weighted by Crippen LogP contribution is 2.04. The van der Waals surface area contributed by atoms with Gasteiger partial charge < -0.3 is 31.7 Å². The number of carbonyl (C=O) groups excluding carboxylic acids is 2. The Kier molecular flexibility index (Phi) is 10.8. The van der Waals surface area contributed by atoms with E-state index in [-0.39, 0.29) is 6.42 Å². The highest BCUT2D eigenvalue weighted by atomic mass is 32.2. The normalized spacial score (nSPS) is 15.5. The fourth-order valence-corrected chi connectivity index (χ4v) is 2.32. The van der Waals surface area contributed by atoms with E-state index in [1.165, 1.54) is 18.7 Å². The third-order valence-corrected chi connectivity index (χ3v) is 3.94. The highest BCUT2D eigenvalue weighted by Gasteiger charge is 2.30. The molecule has 0 aliphatic carbocycles. The van der Waals surface area contributed by atoms with Gasteiger partial charge in [0.1, 0.15) is 6.04 Å². The molecule has 0 radical (unpaired) electrons. The topological polar surface area (TPSA) is 179 Å². The largest absolute Gasteiger partial charge is 0.481 e. The number of amides is 2. The molecule has 0 aliphatic rings. The first kappa shape index (κ1) is 23.1. The molecule has 0 rings (SSSR count). The van der Waals surface area contributed by atoms with Gasteiger partial charge in [0.05, 0.1) is 12.1 Å². The van der Waals surface area contributed by atoms with Crippen molar-refractivity contribution in [3.05, 3.63) is 0 Å². The quantitative estimate of drug-likeness (QED) is 0.232. The van der Waals surface area contributed by atoms with Gasteiger partial charge in [-0.3, -0.25) is 14.4 Å². The van der Waals surface area contributed by atoms with Crippen molar-refractivity contribution < 1.29 is 34.5 Å². The number of aliphatic carboxylic acids is 2. The third-order valence-electron chi connectivity index (χ3n) is 3.30. The lowest BCUT2D eigenvalue weighted by atomic mass is 10.1. The molecule has 0 fully saturated rings. The molecule has 4 atom stereocenters. The Morgan fingerprint density at radius 3 is 2.12 bits per heavy atom. The van der Waals surface area contributed by atoms with Crippen LogP contribution in [0.4, 0.5) is 0 Å². The maximum Gasteiger partial charge on any atom is 0.328 e. The van der Waals surface area contributed by atoms with Crippen LogP contribution in [0.3, 0.4) is 0 Å². The zero-order valence-electron chi connectivity index (χ0n) is 14.1. The number of carboxylic acid groups (broad SMARTS) is 2. The van der Waals surface area contributed by atoms with Gasteiger partial charge >= 0.3 is 11.9 Å². The molecule has 0 heterocycles. The summed E-state index contributed by atoms with van der Waals surface area (Å²) in [6.45, 7) is 1.18. The van der Waals surface area contributed by atoms with Gasteiger partial charge in [-0.05, 0) is 31.8 Å². The monoisotopic (exact) mass is 379 g/mol. The van der Waals surface area contributed by atoms with E-state index in [9.17, 15) is 24.3 Å². The van der Waals surface area contributed by atoms with Crippen molar-refractivity contribution in [3.63, 3.8) is 0 Å². The van der Waals surface area contributed by atoms with E-state index in [1.807, 2.05) is 6.26 Å². The predicted octanol–water partition coefficient (Wildman–Crippen LogP) is -1.63. The summed E-state index contributed by atoms with van der Waals surface area (Å²) in [5.41, 5.74) is 5.70. The van der Waals surface area contributed by atoms with Gasteiger partial charge in [0.2, 0.25) is 11.8 Å². The summed E-state index contributed by atoms with van der Waals surface area (Å²) in [5, 5.41) is 31.6. The van der Waals surface area contributed by atoms with Gasteiger partial charge in [-0.1, -0.05) is 0 Å². The van der Waals surface area contributed by atoms with Gasteiger partial charge in [-0.15, -0.1) is 0 Å². The molecule has 2 amide bonds. The summed E-state index contributed by atoms with van der Waals surface area (Å²) in [4.78, 5) is 46.0. The first-order chi connectivity index (χ1) is 11.6. The summed E-state index contributed by atoms with van der Waals surface area (Å²) >= 11 is 1.49. The Labute approximate surface area is 149 Å². The van der Waals surface area contributed by atoms with Crippen LogP contribution in [0.2, 0.25) is 0 Å². The Balaban J connectivity index is 5.01. The number of hydrogen-bond acceptors (Lipinski definition) is 7. The molecule has 144 valence electrons. The van der Waals surface area contributed by atoms with Crippen LogP contribution in [0, 0.1) is 0 Å². The summed E-state index contributed by atoms with van der Waals surface area (Å²) in [6, 6.07) is -3.73. The zero-order chi connectivity index (χ0) is 19.6. The van der Waals surface area contributed by atoms with Crippen LogP contribution >= 0.6 is 11.8 Å². The molecule has 0 saturated carbocycles. The minimum atomic E-state index is -1.58. The molecule has 0 unspecified atom stereocenters. The van der Waals surface area contributed by atoms with Crippen molar-refractivity contribution in [2.45, 2.75) is 50.4 Å². The Bertz CT molecular complexity index is 487. The van der Waals surface area contributed by atoms with E-state index in [4.69, 9.17) is 15.9 Å². The second-order valence-electron chi connectivity index (χ2n) is 5.45. The average molecular weight is 379 g/mol. The molecule has 0 aromatic rings. The number of hydrogen-bond donors (Lipinski definition) is 6. The molecule has 0 spiro atoms. The highest BCUT2D eigenvalue weighted by molar-refractivity contribution is 7.98. The lowest BCUT2D eigenvalue weighted by Crippen LogP contribution is -2.56. The lowest BCUT2D eigenvalue weighted by molar-refractivity contribution is -0.145. The molecule has 7 N–H and O–H groups in total. The number of carboxylic acids is 2. The fourth-order valence-electron chi connectivity index (χ4n) is 1.83. The molecule has 0 bridgehead atoms. The van der Waals surface area contributed by atoms with E-state index >= 15 is 0 Å². The first-order valence-corrected chi connectivity index (χ1v) is 8.97. The SMILES string of the molecule is CSCC[C@H](N)C(=O)N[C@@H](CCC(=O)O)C(=O)N[C@H](C(=O)O)[C@@H](C)O. The average Bonchev–Trinajstić information content (AvgIpc) is 2.52. The molecule has 25 heavy (non-hydrogen) atoms. The van der Waals surface area contributed by atoms with Crippen molar-refractivity contribution >= 4 is 35.5 Å². The van der Waals surface area contributed by atoms with Gasteiger partial charge in [-0.2, -0.15) is 11.8 Å². The molecule has 10 nitrogen and oxygen atoms in total. The first-order valence-electron chi connectivity index (χ1n) is 7.58. The second kappa shape index (κ2) is 11.7. The molecular formula is C14H25N3O7S. The summed E-state index contributed by atoms with van der Waals surface area (Å²) in [6.07, 6.45) is 0.182. The standard InChI is InChI=1S/C14H25N3O7S/c1-7(18)11(14(23)24)17-13(22)9(3-4-10(19)20)16-12(21)8(15)5-6-25-2/h7-9,11,18H,3-6,15H2,1-2H3,(H,16,21)(H,17,22)(H,19,20)(H,23,24)/t7-,8+,9+,11+/m1/s1. The molecular weight excluding hydrogens is 354 g/mol. The van der Waals surface area contributed by atoms with Crippen LogP contribution in [-0.4, -0.2) is 75.3 Å². The number of nitrogens with two attached hydrogens (primary N) is 1. The van der Waals surface area contributed by atoms with Crippen molar-refractivity contribution in [1.29, 1.82) is 0 Å². The molecule has 11 heteroatoms. The third kappa shape index (κ3) is 9.27. The summed E-state index contributed by atoms with van der Waals surface area (Å²) in [7, 11) is 0. The van der Waals surface area contributed by atoms with Gasteiger partial charge in [-0.25, -0.2) is 4.79 Å². The van der Waals surface area contributed by atoms with Crippen LogP contribution in [0.15, 0.2) is 0 Å². The second-order valence-corrected chi connectivity index (χ2v) is 6.43. The number of aliphatic hydroxyl groups excluding tert-OH is 1. The number of rotatable bonds is 12. The predicted molar refractivity (Wildman–Crippen MR) is 91.0 cm³/mol. The Hall–Kier alpha value is -1.85. The molecule has 0 saturated heterocycles. The Morgan fingerprint density at radius 1 is 1.08 bits per heavy atom. The van der Waals surface area contributed by atoms with Crippen molar-refractivity contribution in [2.75, 3.05) is 12.0 Å². The maximum absolute atomic E-state index is 12.2. The fraction of sp³-hybridized carbons (Fsp3) is 0.714. The van der Waals surface area contributed by atoms with E-state index in [2.05, 4.69) is 10.6 Å². The van der Waals surface area contributed by atoms with Crippen LogP contribution in [0.25, 0.3) is 0 Å². The lowest BCUT2D eigenvalue weighted by Gasteiger charge is -2.23. The van der Waals surface area contributed by atoms with Crippen LogP contribution in [-0.2, 0) is 19.2 Å². The number of nitrogens with one attached hydrogen (secondary N) is 2. The van der Waals surface area contributed by atoms with Crippen molar-refractivity contribution in [3.8, 4) is 0 Å². The molecule has 0 aliphatic heterocycles. The smallest absolute Gasteiger partial charge is 0.328 e. The van der Waals surface area contributed by atoms with Crippen molar-refractivity contribution in [2.24, 2.45) is 5.73 Å². The van der Waals surface area contributed by atoms with Crippen LogP contribution < -0.4 is 16.4 Å². The number of thioether (sulfide) groups is 1. The van der Waals surface area contributed by atoms with E-state index in [1.54, 1.807) is 0 Å². The summed E-state index contributed by atoms with van der Waals surface area (Å²) in [5.74, 6) is -3.54. The van der Waals surface area contributed by atoms with Gasteiger partial charge in [0, 0.05) is 6.42 Å². The minimum absolute atomic E-state index is 0.242. The Morgan fingerprint density at radius 2 is 1.68 bits per heavy atom. The zero-order valence-corrected chi connectivity index (χ0v) is 14.9. The summed E-state index contributed by atoms with van der Waals surface area (Å²) < 4.78 is 0. The van der Waals surface area contributed by atoms with Crippen LogP contribution in [0.1, 0.15) is 26.2 Å². The van der Waals surface area contributed by atoms with E-state index in [0.717, 1.165) is 0 Å². The van der Waals surface area contributed by atoms with E-state index in [0.29, 0.717) is 12.2 Å². The van der Waals surface area contributed by atoms with Crippen molar-refractivity contribution in [1.82, 2.24) is 10.6 Å². The number of aliphatic hydroxyl groups is 1. The number of carbonyl (C=O) groups is 4. The van der Waals surface area contributed by atoms with Crippen LogP contribution in [0.5, 0.6) is 0 Å². The maximum atomic E-state index is 12.2. The van der Waals surface area contributed by atoms with Gasteiger partial charge in [0.25, 0.3) is 0 Å². The van der Waals surface area contributed by atoms with E-state index < -0.39 is 54.4 Å². The van der Waals surface area contributed by atoms with Gasteiger partial charge in [0.15, 0.2) is 6.04 Å². The molecule has 0 aromatic heterocycles.